The summed E-state index contributed by atoms with van der Waals surface area (Å²) in [5.74, 6) is -1.000. The molecule has 1 unspecified atom stereocenters. The predicted octanol–water partition coefficient (Wildman–Crippen LogP) is 6.60. The Morgan fingerprint density at radius 3 is 2.00 bits per heavy atom. The number of hydrogen-bond acceptors (Lipinski definition) is 8. The lowest BCUT2D eigenvalue weighted by molar-refractivity contribution is -0.146. The first-order chi connectivity index (χ1) is 21.5. The molecule has 0 saturated heterocycles. The Labute approximate surface area is 266 Å². The van der Waals surface area contributed by atoms with Gasteiger partial charge in [0.25, 0.3) is 0 Å². The first-order valence-electron chi connectivity index (χ1n) is 15.2. The average molecular weight is 623 g/mol. The van der Waals surface area contributed by atoms with Gasteiger partial charge in [0.05, 0.1) is 13.2 Å². The molecule has 2 aromatic carbocycles. The van der Waals surface area contributed by atoms with Gasteiger partial charge in [-0.05, 0) is 41.7 Å². The largest absolute Gasteiger partial charge is 0.460 e. The molecule has 0 aliphatic heterocycles. The van der Waals surface area contributed by atoms with Gasteiger partial charge in [0.1, 0.15) is 13.0 Å². The van der Waals surface area contributed by atoms with Crippen molar-refractivity contribution in [1.29, 1.82) is 0 Å². The summed E-state index contributed by atoms with van der Waals surface area (Å²) >= 11 is 0. The van der Waals surface area contributed by atoms with Crippen LogP contribution >= 0.6 is 0 Å². The Hall–Kier alpha value is -4.56. The zero-order chi connectivity index (χ0) is 32.9. The Morgan fingerprint density at radius 2 is 1.40 bits per heavy atom. The lowest BCUT2D eigenvalue weighted by Gasteiger charge is -2.25. The smallest absolute Gasteiger partial charge is 0.407 e. The van der Waals surface area contributed by atoms with Crippen LogP contribution in [0.25, 0.3) is 0 Å². The van der Waals surface area contributed by atoms with Crippen molar-refractivity contribution < 1.29 is 38.1 Å². The summed E-state index contributed by atoms with van der Waals surface area (Å²) in [6, 6.07) is 18.8. The van der Waals surface area contributed by atoms with Crippen LogP contribution in [0, 0.1) is 11.3 Å². The van der Waals surface area contributed by atoms with E-state index in [-0.39, 0.29) is 49.8 Å². The number of carbonyl (C=O) groups is 4. The van der Waals surface area contributed by atoms with Crippen LogP contribution in [0.4, 0.5) is 9.59 Å². The molecule has 10 nitrogen and oxygen atoms in total. The summed E-state index contributed by atoms with van der Waals surface area (Å²) in [7, 11) is 0. The van der Waals surface area contributed by atoms with E-state index in [1.807, 2.05) is 60.7 Å². The highest BCUT2D eigenvalue weighted by Crippen LogP contribution is 2.29. The minimum Gasteiger partial charge on any atom is -0.460 e. The van der Waals surface area contributed by atoms with Gasteiger partial charge in [0.15, 0.2) is 5.76 Å². The van der Waals surface area contributed by atoms with E-state index >= 15 is 0 Å². The van der Waals surface area contributed by atoms with Gasteiger partial charge in [-0.1, -0.05) is 93.7 Å². The quantitative estimate of drug-likeness (QED) is 0.0626. The summed E-state index contributed by atoms with van der Waals surface area (Å²) in [5, 5.41) is 5.37. The van der Waals surface area contributed by atoms with Gasteiger partial charge < -0.3 is 29.6 Å². The fourth-order valence-electron chi connectivity index (χ4n) is 4.45. The van der Waals surface area contributed by atoms with Gasteiger partial charge in [-0.3, -0.25) is 9.59 Å². The molecule has 0 saturated carbocycles. The third kappa shape index (κ3) is 18.0. The van der Waals surface area contributed by atoms with Crippen molar-refractivity contribution in [2.45, 2.75) is 72.4 Å². The van der Waals surface area contributed by atoms with Gasteiger partial charge in [0.2, 0.25) is 0 Å². The molecular weight excluding hydrogens is 576 g/mol. The molecule has 0 fully saturated rings. The zero-order valence-corrected chi connectivity index (χ0v) is 26.6. The molecule has 0 spiro atoms. The maximum Gasteiger partial charge on any atom is 0.407 e. The molecule has 0 bridgehead atoms. The van der Waals surface area contributed by atoms with Crippen LogP contribution in [-0.2, 0) is 41.7 Å². The number of alkyl carbamates (subject to hydrolysis) is 2. The zero-order valence-electron chi connectivity index (χ0n) is 26.6. The van der Waals surface area contributed by atoms with Crippen LogP contribution in [0.1, 0.15) is 70.4 Å². The summed E-state index contributed by atoms with van der Waals surface area (Å²) < 4.78 is 20.9. The third-order valence-electron chi connectivity index (χ3n) is 6.43. The number of nitrogens with one attached hydrogen (secondary N) is 2. The van der Waals surface area contributed by atoms with Crippen LogP contribution in [-0.4, -0.2) is 43.9 Å². The van der Waals surface area contributed by atoms with Crippen LogP contribution in [0.2, 0.25) is 0 Å². The predicted molar refractivity (Wildman–Crippen MR) is 170 cm³/mol. The number of amides is 2. The van der Waals surface area contributed by atoms with Crippen molar-refractivity contribution in [2.75, 3.05) is 19.8 Å². The van der Waals surface area contributed by atoms with E-state index < -0.39 is 24.1 Å². The topological polar surface area (TPSA) is 129 Å². The highest BCUT2D eigenvalue weighted by atomic mass is 16.6. The van der Waals surface area contributed by atoms with Gasteiger partial charge in [0, 0.05) is 25.9 Å². The lowest BCUT2D eigenvalue weighted by Crippen LogP contribution is -2.27. The number of rotatable bonds is 18. The van der Waals surface area contributed by atoms with Gasteiger partial charge in [-0.15, -0.1) is 0 Å². The van der Waals surface area contributed by atoms with E-state index in [1.54, 1.807) is 0 Å². The molecule has 2 N–H and O–H groups in total. The van der Waals surface area contributed by atoms with Crippen LogP contribution in [0.3, 0.4) is 0 Å². The van der Waals surface area contributed by atoms with Crippen LogP contribution in [0.15, 0.2) is 78.7 Å². The molecule has 2 rings (SSSR count). The highest BCUT2D eigenvalue weighted by molar-refractivity contribution is 5.75. The normalized spacial score (nSPS) is 11.4. The van der Waals surface area contributed by atoms with E-state index in [9.17, 15) is 19.2 Å². The van der Waals surface area contributed by atoms with Crippen molar-refractivity contribution in [1.82, 2.24) is 10.6 Å². The van der Waals surface area contributed by atoms with Gasteiger partial charge in [-0.2, -0.15) is 0 Å². The Bertz CT molecular complexity index is 1250. The number of esters is 2. The maximum absolute atomic E-state index is 12.7. The Kier molecular flexibility index (Phi) is 16.6. The monoisotopic (exact) mass is 622 g/mol. The Balaban J connectivity index is 1.63. The molecule has 0 aliphatic rings. The maximum atomic E-state index is 12.7. The molecule has 2 aromatic rings. The fourth-order valence-corrected chi connectivity index (χ4v) is 4.45. The molecule has 10 heteroatoms. The summed E-state index contributed by atoms with van der Waals surface area (Å²) in [4.78, 5) is 48.8. The van der Waals surface area contributed by atoms with Crippen molar-refractivity contribution in [3.05, 3.63) is 89.9 Å². The van der Waals surface area contributed by atoms with Gasteiger partial charge >= 0.3 is 24.1 Å². The standard InChI is InChI=1S/C35H46N2O8/c1-5-30(23-31(38)44-26-28-16-10-7-11-17-28)45-32(39)22-29(24-35(2,3)4)18-12-19-36-33(40)42-20-13-21-43-34(41)37-25-27-14-8-6-9-15-27/h6-11,14-17,29H,1,12-13,18-26H2,2-4H3,(H,36,40)(H,37,41). The molecule has 0 aliphatic carbocycles. The van der Waals surface area contributed by atoms with E-state index in [0.717, 1.165) is 17.5 Å². The third-order valence-corrected chi connectivity index (χ3v) is 6.43. The Morgan fingerprint density at radius 1 is 0.800 bits per heavy atom. The molecular formula is C35H46N2O8. The number of ether oxygens (including phenoxy) is 4. The number of hydrogen-bond donors (Lipinski definition) is 2. The summed E-state index contributed by atoms with van der Waals surface area (Å²) in [6.45, 7) is 10.9. The van der Waals surface area contributed by atoms with Crippen molar-refractivity contribution >= 4 is 24.1 Å². The summed E-state index contributed by atoms with van der Waals surface area (Å²) in [5.41, 5.74) is 4.31. The van der Waals surface area contributed by atoms with Crippen molar-refractivity contribution in [2.24, 2.45) is 11.3 Å². The number of carbonyl (C=O) groups excluding carboxylic acids is 4. The van der Waals surface area contributed by atoms with E-state index in [2.05, 4.69) is 43.7 Å². The molecule has 45 heavy (non-hydrogen) atoms. The van der Waals surface area contributed by atoms with Crippen molar-refractivity contribution in [3.63, 3.8) is 0 Å². The first kappa shape index (κ1) is 36.6. The highest BCUT2D eigenvalue weighted by Gasteiger charge is 2.23. The summed E-state index contributed by atoms with van der Waals surface area (Å²) in [6.07, 6.45) is 1.24. The van der Waals surface area contributed by atoms with Crippen molar-refractivity contribution in [3.8, 4) is 0 Å². The first-order valence-corrected chi connectivity index (χ1v) is 15.2. The lowest BCUT2D eigenvalue weighted by atomic mass is 9.81. The van der Waals surface area contributed by atoms with E-state index in [1.165, 1.54) is 0 Å². The molecule has 0 heterocycles. The molecule has 0 radical (unpaired) electrons. The van der Waals surface area contributed by atoms with Crippen LogP contribution in [0.5, 0.6) is 0 Å². The molecule has 1 atom stereocenters. The number of benzene rings is 2. The molecule has 244 valence electrons. The van der Waals surface area contributed by atoms with Crippen LogP contribution < -0.4 is 10.6 Å². The second-order valence-corrected chi connectivity index (χ2v) is 11.8. The van der Waals surface area contributed by atoms with Gasteiger partial charge in [-0.25, -0.2) is 9.59 Å². The average Bonchev–Trinajstić information content (AvgIpc) is 3.00. The second-order valence-electron chi connectivity index (χ2n) is 11.8. The minimum absolute atomic E-state index is 0.00314. The van der Waals surface area contributed by atoms with E-state index in [4.69, 9.17) is 18.9 Å². The molecule has 0 aromatic heterocycles. The minimum atomic E-state index is -0.560. The second kappa shape index (κ2) is 20.4. The fraction of sp³-hybridized carbons (Fsp3) is 0.457. The molecule has 2 amide bonds. The SMILES string of the molecule is C=C=C(CC(=O)OCc1ccccc1)OC(=O)CC(CCCNC(=O)OCCCOC(=O)NCc1ccccc1)CC(C)(C)C. The van der Waals surface area contributed by atoms with E-state index in [0.29, 0.717) is 32.4 Å².